The summed E-state index contributed by atoms with van der Waals surface area (Å²) in [7, 11) is 0. The maximum absolute atomic E-state index is 10.6. The van der Waals surface area contributed by atoms with Gasteiger partial charge in [0.15, 0.2) is 0 Å². The van der Waals surface area contributed by atoms with E-state index in [0.717, 1.165) is 56.7 Å². The summed E-state index contributed by atoms with van der Waals surface area (Å²) in [5.74, 6) is 0.209. The first kappa shape index (κ1) is 20.7. The molecule has 3 rings (SSSR count). The molecule has 3 heterocycles. The van der Waals surface area contributed by atoms with Gasteiger partial charge < -0.3 is 15.1 Å². The van der Waals surface area contributed by atoms with Gasteiger partial charge in [-0.15, -0.1) is 0 Å². The zero-order valence-corrected chi connectivity index (χ0v) is 17.0. The van der Waals surface area contributed by atoms with E-state index in [1.54, 1.807) is 13.1 Å². The summed E-state index contributed by atoms with van der Waals surface area (Å²) in [4.78, 5) is 13.6. The van der Waals surface area contributed by atoms with Gasteiger partial charge >= 0.3 is 0 Å². The molecule has 0 atom stereocenters. The van der Waals surface area contributed by atoms with E-state index in [1.165, 1.54) is 0 Å². The van der Waals surface area contributed by atoms with Gasteiger partial charge in [0.25, 0.3) is 0 Å². The van der Waals surface area contributed by atoms with Gasteiger partial charge in [-0.25, -0.2) is 0 Å². The smallest absolute Gasteiger partial charge is 0.141 e. The Morgan fingerprint density at radius 2 is 2.00 bits per heavy atom. The third-order valence-electron chi connectivity index (χ3n) is 5.86. The van der Waals surface area contributed by atoms with Crippen LogP contribution in [0.4, 0.5) is 0 Å². The molecule has 152 valence electrons. The van der Waals surface area contributed by atoms with Crippen LogP contribution >= 0.6 is 0 Å². The molecule has 6 nitrogen and oxygen atoms in total. The number of aromatic hydroxyl groups is 1. The SMILES string of the molecule is CCN1CCC(N(CCc2ccccn2)Cc2c(CO)cnc(C)c2O)CC1. The molecule has 2 aromatic rings. The Hall–Kier alpha value is -2.02. The van der Waals surface area contributed by atoms with Crippen molar-refractivity contribution in [1.82, 2.24) is 19.8 Å². The third kappa shape index (κ3) is 5.07. The highest BCUT2D eigenvalue weighted by molar-refractivity contribution is 5.40. The van der Waals surface area contributed by atoms with Crippen LogP contribution in [-0.4, -0.2) is 62.2 Å². The van der Waals surface area contributed by atoms with E-state index in [2.05, 4.69) is 32.8 Å². The van der Waals surface area contributed by atoms with Crippen LogP contribution in [0.2, 0.25) is 0 Å². The highest BCUT2D eigenvalue weighted by atomic mass is 16.3. The molecule has 1 saturated heterocycles. The zero-order valence-electron chi connectivity index (χ0n) is 17.0. The maximum atomic E-state index is 10.6. The predicted octanol–water partition coefficient (Wildman–Crippen LogP) is 2.51. The Bertz CT molecular complexity index is 746. The topological polar surface area (TPSA) is 72.7 Å². The van der Waals surface area contributed by atoms with Gasteiger partial charge in [-0.3, -0.25) is 14.9 Å². The number of aromatic nitrogens is 2. The van der Waals surface area contributed by atoms with Crippen LogP contribution < -0.4 is 0 Å². The summed E-state index contributed by atoms with van der Waals surface area (Å²) < 4.78 is 0. The second-order valence-corrected chi connectivity index (χ2v) is 7.56. The lowest BCUT2D eigenvalue weighted by Crippen LogP contribution is -2.45. The van der Waals surface area contributed by atoms with Gasteiger partial charge in [0.1, 0.15) is 5.75 Å². The van der Waals surface area contributed by atoms with Crippen molar-refractivity contribution in [3.8, 4) is 5.75 Å². The number of nitrogens with zero attached hydrogens (tertiary/aromatic N) is 4. The number of piperidine rings is 1. The number of likely N-dealkylation sites (tertiary alicyclic amines) is 1. The van der Waals surface area contributed by atoms with Crippen molar-refractivity contribution in [2.75, 3.05) is 26.2 Å². The number of pyridine rings is 2. The predicted molar refractivity (Wildman–Crippen MR) is 110 cm³/mol. The van der Waals surface area contributed by atoms with Crippen molar-refractivity contribution in [2.45, 2.75) is 52.3 Å². The number of hydrogen-bond donors (Lipinski definition) is 2. The molecule has 0 radical (unpaired) electrons. The molecule has 0 spiro atoms. The minimum absolute atomic E-state index is 0.113. The van der Waals surface area contributed by atoms with Crippen LogP contribution in [-0.2, 0) is 19.6 Å². The van der Waals surface area contributed by atoms with E-state index in [9.17, 15) is 10.2 Å². The first-order chi connectivity index (χ1) is 13.6. The molecular weight excluding hydrogens is 352 g/mol. The van der Waals surface area contributed by atoms with Gasteiger partial charge in [-0.05, 0) is 51.5 Å². The van der Waals surface area contributed by atoms with E-state index >= 15 is 0 Å². The van der Waals surface area contributed by atoms with Crippen molar-refractivity contribution in [3.05, 3.63) is 53.1 Å². The fraction of sp³-hybridized carbons (Fsp3) is 0.545. The van der Waals surface area contributed by atoms with Crippen molar-refractivity contribution in [1.29, 1.82) is 0 Å². The second kappa shape index (κ2) is 9.96. The molecule has 0 amide bonds. The fourth-order valence-electron chi connectivity index (χ4n) is 4.00. The Kier molecular flexibility index (Phi) is 7.36. The molecule has 1 aliphatic heterocycles. The zero-order chi connectivity index (χ0) is 19.9. The van der Waals surface area contributed by atoms with E-state index in [1.807, 2.05) is 18.3 Å². The van der Waals surface area contributed by atoms with E-state index in [-0.39, 0.29) is 12.4 Å². The summed E-state index contributed by atoms with van der Waals surface area (Å²) in [6.07, 6.45) is 6.63. The molecule has 0 bridgehead atoms. The Morgan fingerprint density at radius 1 is 1.21 bits per heavy atom. The Morgan fingerprint density at radius 3 is 2.64 bits per heavy atom. The normalized spacial score (nSPS) is 16.0. The largest absolute Gasteiger partial charge is 0.506 e. The number of rotatable bonds is 8. The van der Waals surface area contributed by atoms with Gasteiger partial charge in [0.05, 0.1) is 12.3 Å². The molecular formula is C22H32N4O2. The van der Waals surface area contributed by atoms with Gasteiger partial charge in [-0.1, -0.05) is 13.0 Å². The maximum Gasteiger partial charge on any atom is 0.141 e. The summed E-state index contributed by atoms with van der Waals surface area (Å²) >= 11 is 0. The lowest BCUT2D eigenvalue weighted by atomic mass is 10.00. The molecule has 0 unspecified atom stereocenters. The standard InChI is InChI=1S/C22H32N4O2/c1-3-25-11-8-20(9-12-25)26(13-7-19-6-4-5-10-23-19)15-21-18(16-27)14-24-17(2)22(21)28/h4-6,10,14,20,27-28H,3,7-9,11-13,15-16H2,1-2H3. The van der Waals surface area contributed by atoms with Crippen LogP contribution in [0.5, 0.6) is 5.75 Å². The molecule has 2 aromatic heterocycles. The van der Waals surface area contributed by atoms with Crippen LogP contribution in [0.3, 0.4) is 0 Å². The average molecular weight is 385 g/mol. The molecule has 0 aliphatic carbocycles. The molecule has 2 N–H and O–H groups in total. The van der Waals surface area contributed by atoms with Gasteiger partial charge in [0, 0.05) is 54.8 Å². The van der Waals surface area contributed by atoms with E-state index in [4.69, 9.17) is 0 Å². The lowest BCUT2D eigenvalue weighted by Gasteiger charge is -2.38. The van der Waals surface area contributed by atoms with Gasteiger partial charge in [-0.2, -0.15) is 0 Å². The molecule has 1 aliphatic rings. The van der Waals surface area contributed by atoms with Crippen molar-refractivity contribution >= 4 is 0 Å². The highest BCUT2D eigenvalue weighted by Gasteiger charge is 2.26. The lowest BCUT2D eigenvalue weighted by molar-refractivity contribution is 0.104. The number of hydrogen-bond acceptors (Lipinski definition) is 6. The molecule has 0 aromatic carbocycles. The van der Waals surface area contributed by atoms with Crippen LogP contribution in [0.1, 0.15) is 42.3 Å². The second-order valence-electron chi connectivity index (χ2n) is 7.56. The van der Waals surface area contributed by atoms with Crippen LogP contribution in [0.15, 0.2) is 30.6 Å². The van der Waals surface area contributed by atoms with Crippen molar-refractivity contribution in [3.63, 3.8) is 0 Å². The quantitative estimate of drug-likeness (QED) is 0.729. The summed E-state index contributed by atoms with van der Waals surface area (Å²) in [5, 5.41) is 20.3. The first-order valence-corrected chi connectivity index (χ1v) is 10.3. The van der Waals surface area contributed by atoms with Crippen molar-refractivity contribution in [2.24, 2.45) is 0 Å². The van der Waals surface area contributed by atoms with Crippen LogP contribution in [0, 0.1) is 6.92 Å². The summed E-state index contributed by atoms with van der Waals surface area (Å²) in [6, 6.07) is 6.48. The van der Waals surface area contributed by atoms with Crippen LogP contribution in [0.25, 0.3) is 0 Å². The molecule has 0 saturated carbocycles. The minimum Gasteiger partial charge on any atom is -0.506 e. The number of aliphatic hydroxyl groups is 1. The first-order valence-electron chi connectivity index (χ1n) is 10.3. The fourth-order valence-corrected chi connectivity index (χ4v) is 4.00. The van der Waals surface area contributed by atoms with Crippen molar-refractivity contribution < 1.29 is 10.2 Å². The van der Waals surface area contributed by atoms with E-state index in [0.29, 0.717) is 23.8 Å². The molecule has 1 fully saturated rings. The number of aryl methyl sites for hydroxylation is 1. The summed E-state index contributed by atoms with van der Waals surface area (Å²) in [5.41, 5.74) is 3.19. The molecule has 28 heavy (non-hydrogen) atoms. The molecule has 6 heteroatoms. The highest BCUT2D eigenvalue weighted by Crippen LogP contribution is 2.28. The average Bonchev–Trinajstić information content (AvgIpc) is 2.75. The van der Waals surface area contributed by atoms with Gasteiger partial charge in [0.2, 0.25) is 0 Å². The summed E-state index contributed by atoms with van der Waals surface area (Å²) in [6.45, 7) is 8.71. The Balaban J connectivity index is 1.79. The Labute approximate surface area is 167 Å². The number of aliphatic hydroxyl groups excluding tert-OH is 1. The third-order valence-corrected chi connectivity index (χ3v) is 5.86. The van der Waals surface area contributed by atoms with E-state index < -0.39 is 0 Å². The minimum atomic E-state index is -0.113. The monoisotopic (exact) mass is 384 g/mol.